The highest BCUT2D eigenvalue weighted by molar-refractivity contribution is 7.89. The Hall–Kier alpha value is -1.40. The topological polar surface area (TPSA) is 75.3 Å². The number of carbonyl (C=O) groups excluding carboxylic acids is 1. The van der Waals surface area contributed by atoms with Crippen LogP contribution < -0.4 is 10.0 Å². The van der Waals surface area contributed by atoms with Crippen LogP contribution in [0, 0.1) is 20.8 Å². The van der Waals surface area contributed by atoms with Gasteiger partial charge in [-0.1, -0.05) is 31.0 Å². The first-order valence-electron chi connectivity index (χ1n) is 7.10. The van der Waals surface area contributed by atoms with E-state index < -0.39 is 10.0 Å². The summed E-state index contributed by atoms with van der Waals surface area (Å²) in [6, 6.07) is 3.96. The largest absolute Gasteiger partial charge is 0.324 e. The Labute approximate surface area is 127 Å². The fraction of sp³-hybridized carbons (Fsp3) is 0.533. The van der Waals surface area contributed by atoms with Gasteiger partial charge in [-0.05, 0) is 38.3 Å². The fourth-order valence-electron chi connectivity index (χ4n) is 2.14. The molecular formula is C15H24N2O3S. The van der Waals surface area contributed by atoms with E-state index in [1.54, 1.807) is 0 Å². The van der Waals surface area contributed by atoms with Crippen molar-refractivity contribution in [2.24, 2.45) is 0 Å². The first kappa shape index (κ1) is 17.7. The Morgan fingerprint density at radius 1 is 1.14 bits per heavy atom. The normalized spacial score (nSPS) is 11.4. The van der Waals surface area contributed by atoms with Crippen LogP contribution >= 0.6 is 0 Å². The molecule has 0 unspecified atom stereocenters. The number of sulfonamides is 1. The zero-order valence-corrected chi connectivity index (χ0v) is 13.9. The smallest absolute Gasteiger partial charge is 0.239 e. The Balaban J connectivity index is 2.63. The minimum absolute atomic E-state index is 0.0549. The molecule has 0 radical (unpaired) electrons. The molecule has 0 bridgehead atoms. The van der Waals surface area contributed by atoms with Gasteiger partial charge in [0.2, 0.25) is 15.9 Å². The van der Waals surface area contributed by atoms with E-state index in [1.165, 1.54) is 0 Å². The summed E-state index contributed by atoms with van der Waals surface area (Å²) in [6.07, 6.45) is 1.39. The lowest BCUT2D eigenvalue weighted by Gasteiger charge is -2.13. The zero-order valence-electron chi connectivity index (χ0n) is 13.1. The van der Waals surface area contributed by atoms with E-state index in [1.807, 2.05) is 39.8 Å². The van der Waals surface area contributed by atoms with Crippen LogP contribution in [0.4, 0.5) is 5.69 Å². The second-order valence-corrected chi connectivity index (χ2v) is 7.24. The highest BCUT2D eigenvalue weighted by Gasteiger charge is 2.13. The zero-order chi connectivity index (χ0) is 16.0. The van der Waals surface area contributed by atoms with Crippen molar-refractivity contribution in [3.63, 3.8) is 0 Å². The molecule has 0 aliphatic rings. The summed E-state index contributed by atoms with van der Waals surface area (Å²) >= 11 is 0. The first-order valence-corrected chi connectivity index (χ1v) is 8.75. The predicted molar refractivity (Wildman–Crippen MR) is 86.0 cm³/mol. The molecule has 0 atom stereocenters. The average molecular weight is 312 g/mol. The number of nitrogens with one attached hydrogen (secondary N) is 2. The van der Waals surface area contributed by atoms with Crippen molar-refractivity contribution in [3.8, 4) is 0 Å². The lowest BCUT2D eigenvalue weighted by molar-refractivity contribution is -0.115. The highest BCUT2D eigenvalue weighted by Crippen LogP contribution is 2.21. The number of hydrogen-bond acceptors (Lipinski definition) is 3. The molecule has 1 rings (SSSR count). The third-order valence-corrected chi connectivity index (χ3v) is 4.57. The van der Waals surface area contributed by atoms with Gasteiger partial charge in [0.1, 0.15) is 0 Å². The quantitative estimate of drug-likeness (QED) is 0.811. The standard InChI is InChI=1S/C15H24N2O3S/c1-5-6-7-21(19,20)16-10-14(18)17-15-12(3)8-11(2)9-13(15)4/h8-9,16H,5-7,10H2,1-4H3,(H,17,18). The SMILES string of the molecule is CCCCS(=O)(=O)NCC(=O)Nc1c(C)cc(C)cc1C. The molecule has 1 aromatic rings. The van der Waals surface area contributed by atoms with Crippen LogP contribution in [-0.2, 0) is 14.8 Å². The summed E-state index contributed by atoms with van der Waals surface area (Å²) in [5.74, 6) is -0.301. The molecular weight excluding hydrogens is 288 g/mol. The van der Waals surface area contributed by atoms with Gasteiger partial charge in [0.25, 0.3) is 0 Å². The minimum atomic E-state index is -3.37. The van der Waals surface area contributed by atoms with Crippen LogP contribution in [0.1, 0.15) is 36.5 Å². The van der Waals surface area contributed by atoms with E-state index in [2.05, 4.69) is 10.0 Å². The van der Waals surface area contributed by atoms with Crippen molar-refractivity contribution in [1.82, 2.24) is 4.72 Å². The molecule has 21 heavy (non-hydrogen) atoms. The third kappa shape index (κ3) is 5.85. The number of carbonyl (C=O) groups is 1. The lowest BCUT2D eigenvalue weighted by atomic mass is 10.1. The van der Waals surface area contributed by atoms with E-state index in [9.17, 15) is 13.2 Å². The van der Waals surface area contributed by atoms with Crippen molar-refractivity contribution < 1.29 is 13.2 Å². The van der Waals surface area contributed by atoms with Crippen molar-refractivity contribution in [2.45, 2.75) is 40.5 Å². The number of anilines is 1. The number of benzene rings is 1. The monoisotopic (exact) mass is 312 g/mol. The maximum atomic E-state index is 11.9. The summed E-state index contributed by atoms with van der Waals surface area (Å²) in [5, 5.41) is 2.77. The lowest BCUT2D eigenvalue weighted by Crippen LogP contribution is -2.34. The molecule has 0 heterocycles. The number of rotatable bonds is 7. The van der Waals surface area contributed by atoms with Gasteiger partial charge in [-0.3, -0.25) is 4.79 Å². The Bertz CT molecular complexity index is 586. The maximum Gasteiger partial charge on any atom is 0.239 e. The Morgan fingerprint density at radius 2 is 1.71 bits per heavy atom. The van der Waals surface area contributed by atoms with Gasteiger partial charge < -0.3 is 5.32 Å². The minimum Gasteiger partial charge on any atom is -0.324 e. The summed E-state index contributed by atoms with van der Waals surface area (Å²) < 4.78 is 25.6. The predicted octanol–water partition coefficient (Wildman–Crippen LogP) is 2.27. The van der Waals surface area contributed by atoms with Crippen LogP contribution in [0.25, 0.3) is 0 Å². The van der Waals surface area contributed by atoms with Crippen LogP contribution in [0.15, 0.2) is 12.1 Å². The van der Waals surface area contributed by atoms with Gasteiger partial charge in [-0.15, -0.1) is 0 Å². The van der Waals surface area contributed by atoms with Crippen LogP contribution in [0.3, 0.4) is 0 Å². The van der Waals surface area contributed by atoms with Crippen molar-refractivity contribution in [1.29, 1.82) is 0 Å². The van der Waals surface area contributed by atoms with Gasteiger partial charge in [-0.2, -0.15) is 0 Å². The van der Waals surface area contributed by atoms with Gasteiger partial charge in [0, 0.05) is 5.69 Å². The van der Waals surface area contributed by atoms with Crippen molar-refractivity contribution >= 4 is 21.6 Å². The van der Waals surface area contributed by atoms with Gasteiger partial charge >= 0.3 is 0 Å². The fourth-order valence-corrected chi connectivity index (χ4v) is 3.31. The van der Waals surface area contributed by atoms with E-state index in [4.69, 9.17) is 0 Å². The first-order chi connectivity index (χ1) is 9.75. The van der Waals surface area contributed by atoms with E-state index in [0.717, 1.165) is 28.8 Å². The van der Waals surface area contributed by atoms with E-state index in [-0.39, 0.29) is 18.2 Å². The molecule has 0 saturated carbocycles. The molecule has 0 fully saturated rings. The van der Waals surface area contributed by atoms with Gasteiger partial charge in [0.05, 0.1) is 12.3 Å². The molecule has 0 aliphatic carbocycles. The average Bonchev–Trinajstić information content (AvgIpc) is 2.38. The second kappa shape index (κ2) is 7.56. The second-order valence-electron chi connectivity index (χ2n) is 5.32. The van der Waals surface area contributed by atoms with E-state index in [0.29, 0.717) is 6.42 Å². The summed E-state index contributed by atoms with van der Waals surface area (Å²) in [7, 11) is -3.37. The van der Waals surface area contributed by atoms with Crippen LogP contribution in [-0.4, -0.2) is 26.6 Å². The van der Waals surface area contributed by atoms with Crippen molar-refractivity contribution in [3.05, 3.63) is 28.8 Å². The molecule has 0 aromatic heterocycles. The highest BCUT2D eigenvalue weighted by atomic mass is 32.2. The molecule has 1 amide bonds. The summed E-state index contributed by atoms with van der Waals surface area (Å²) in [5.41, 5.74) is 3.81. The molecule has 0 aliphatic heterocycles. The van der Waals surface area contributed by atoms with Gasteiger partial charge in [0.15, 0.2) is 0 Å². The number of amides is 1. The molecule has 5 nitrogen and oxygen atoms in total. The molecule has 1 aromatic carbocycles. The summed E-state index contributed by atoms with van der Waals surface area (Å²) in [6.45, 7) is 7.51. The molecule has 0 spiro atoms. The molecule has 6 heteroatoms. The third-order valence-electron chi connectivity index (χ3n) is 3.16. The summed E-state index contributed by atoms with van der Waals surface area (Å²) in [4.78, 5) is 11.9. The number of unbranched alkanes of at least 4 members (excludes halogenated alkanes) is 1. The Morgan fingerprint density at radius 3 is 2.24 bits per heavy atom. The number of hydrogen-bond donors (Lipinski definition) is 2. The van der Waals surface area contributed by atoms with Gasteiger partial charge in [-0.25, -0.2) is 13.1 Å². The molecule has 0 saturated heterocycles. The number of aryl methyl sites for hydroxylation is 3. The van der Waals surface area contributed by atoms with Crippen molar-refractivity contribution in [2.75, 3.05) is 17.6 Å². The molecule has 2 N–H and O–H groups in total. The Kier molecular flexibility index (Phi) is 6.36. The van der Waals surface area contributed by atoms with E-state index >= 15 is 0 Å². The molecule has 118 valence electrons. The van der Waals surface area contributed by atoms with Crippen LogP contribution in [0.5, 0.6) is 0 Å². The van der Waals surface area contributed by atoms with Crippen LogP contribution in [0.2, 0.25) is 0 Å². The maximum absolute atomic E-state index is 11.9.